The van der Waals surface area contributed by atoms with Gasteiger partial charge in [0.25, 0.3) is 0 Å². The predicted octanol–water partition coefficient (Wildman–Crippen LogP) is 1.76. The van der Waals surface area contributed by atoms with E-state index in [4.69, 9.17) is 0 Å². The first-order chi connectivity index (χ1) is 9.14. The normalized spacial score (nSPS) is 49.6. The van der Waals surface area contributed by atoms with Crippen LogP contribution < -0.4 is 0 Å². The molecule has 0 aromatic heterocycles. The van der Waals surface area contributed by atoms with Crippen LogP contribution in [0, 0.1) is 17.8 Å². The summed E-state index contributed by atoms with van der Waals surface area (Å²) < 4.78 is 0. The molecular weight excluding hydrogens is 238 g/mol. The van der Waals surface area contributed by atoms with Crippen LogP contribution in [0.2, 0.25) is 0 Å². The lowest BCUT2D eigenvalue weighted by Gasteiger charge is -2.63. The molecule has 0 aromatic carbocycles. The lowest BCUT2D eigenvalue weighted by atomic mass is 9.51. The number of aliphatic hydroxyl groups is 1. The Hall–Kier alpha value is -0.670. The Labute approximate surface area is 114 Å². The molecule has 0 radical (unpaired) electrons. The van der Waals surface area contributed by atoms with Crippen LogP contribution in [-0.4, -0.2) is 40.5 Å². The largest absolute Gasteiger partial charge is 0.392 e. The van der Waals surface area contributed by atoms with Crippen molar-refractivity contribution < 1.29 is 9.90 Å². The third-order valence-corrected chi connectivity index (χ3v) is 6.16. The van der Waals surface area contributed by atoms with Crippen LogP contribution in [0.4, 0.5) is 0 Å². The van der Waals surface area contributed by atoms with E-state index in [1.165, 1.54) is 5.57 Å². The fourth-order valence-corrected chi connectivity index (χ4v) is 5.46. The molecule has 19 heavy (non-hydrogen) atoms. The number of aliphatic hydroxyl groups excluding tert-OH is 1. The topological polar surface area (TPSA) is 40.5 Å². The van der Waals surface area contributed by atoms with Crippen LogP contribution in [0.3, 0.4) is 0 Å². The molecule has 3 heteroatoms. The number of hydrogen-bond acceptors (Lipinski definition) is 3. The maximum absolute atomic E-state index is 12.6. The van der Waals surface area contributed by atoms with Gasteiger partial charge in [-0.1, -0.05) is 13.0 Å². The van der Waals surface area contributed by atoms with Crippen molar-refractivity contribution >= 4 is 5.78 Å². The van der Waals surface area contributed by atoms with Crippen LogP contribution in [-0.2, 0) is 4.79 Å². The van der Waals surface area contributed by atoms with Crippen molar-refractivity contribution in [1.82, 2.24) is 4.90 Å². The Morgan fingerprint density at radius 3 is 3.11 bits per heavy atom. The molecule has 0 aromatic rings. The summed E-state index contributed by atoms with van der Waals surface area (Å²) >= 11 is 0. The van der Waals surface area contributed by atoms with Gasteiger partial charge in [0, 0.05) is 24.8 Å². The van der Waals surface area contributed by atoms with Crippen molar-refractivity contribution in [2.75, 3.05) is 13.1 Å². The van der Waals surface area contributed by atoms with Gasteiger partial charge >= 0.3 is 0 Å². The predicted molar refractivity (Wildman–Crippen MR) is 72.6 cm³/mol. The fourth-order valence-electron chi connectivity index (χ4n) is 5.46. The van der Waals surface area contributed by atoms with Gasteiger partial charge in [-0.05, 0) is 43.7 Å². The zero-order valence-electron chi connectivity index (χ0n) is 11.6. The molecule has 2 saturated carbocycles. The van der Waals surface area contributed by atoms with E-state index in [0.29, 0.717) is 18.1 Å². The van der Waals surface area contributed by atoms with Gasteiger partial charge in [0.2, 0.25) is 0 Å². The third kappa shape index (κ3) is 1.38. The molecule has 5 atom stereocenters. The highest BCUT2D eigenvalue weighted by atomic mass is 16.3. The number of nitrogens with zero attached hydrogens (tertiary/aromatic N) is 1. The number of hydrogen-bond donors (Lipinski definition) is 1. The molecule has 2 bridgehead atoms. The number of rotatable bonds is 0. The lowest BCUT2D eigenvalue weighted by molar-refractivity contribution is -0.147. The monoisotopic (exact) mass is 261 g/mol. The molecule has 3 fully saturated rings. The highest BCUT2D eigenvalue weighted by Gasteiger charge is 2.61. The van der Waals surface area contributed by atoms with Gasteiger partial charge in [0.1, 0.15) is 5.78 Å². The van der Waals surface area contributed by atoms with Crippen molar-refractivity contribution in [2.45, 2.75) is 50.7 Å². The van der Waals surface area contributed by atoms with Gasteiger partial charge in [-0.25, -0.2) is 0 Å². The molecule has 3 nitrogen and oxygen atoms in total. The SMILES string of the molecule is C[C@H]1C[C@]23C4=CCCN2CCC[C@@H]3C(=O)C[C@@H]4[C@H]1O. The van der Waals surface area contributed by atoms with Crippen LogP contribution in [0.25, 0.3) is 0 Å². The van der Waals surface area contributed by atoms with Crippen molar-refractivity contribution in [3.05, 3.63) is 11.6 Å². The maximum atomic E-state index is 12.6. The minimum Gasteiger partial charge on any atom is -0.392 e. The van der Waals surface area contributed by atoms with Crippen molar-refractivity contribution in [2.24, 2.45) is 17.8 Å². The summed E-state index contributed by atoms with van der Waals surface area (Å²) in [7, 11) is 0. The molecule has 1 spiro atoms. The van der Waals surface area contributed by atoms with E-state index in [9.17, 15) is 9.90 Å². The fraction of sp³-hybridized carbons (Fsp3) is 0.812. The van der Waals surface area contributed by atoms with E-state index in [1.807, 2.05) is 0 Å². The molecule has 4 aliphatic rings. The standard InChI is InChI=1S/C16H23NO2/c1-10-9-16-12-4-2-6-17(16)7-3-5-13(16)14(18)8-11(12)15(10)19/h4,10-11,13,15,19H,2-3,5-9H2,1H3/t10-,11-,13+,15-,16+/m0/s1. The second kappa shape index (κ2) is 3.92. The molecule has 104 valence electrons. The summed E-state index contributed by atoms with van der Waals surface area (Å²) in [6.07, 6.45) is 6.92. The van der Waals surface area contributed by atoms with E-state index in [-0.39, 0.29) is 23.5 Å². The van der Waals surface area contributed by atoms with E-state index >= 15 is 0 Å². The molecule has 0 unspecified atom stereocenters. The summed E-state index contributed by atoms with van der Waals surface area (Å²) in [4.78, 5) is 15.1. The Balaban J connectivity index is 1.89. The second-order valence-electron chi connectivity index (χ2n) is 7.00. The zero-order chi connectivity index (χ0) is 13.2. The van der Waals surface area contributed by atoms with E-state index < -0.39 is 0 Å². The van der Waals surface area contributed by atoms with Crippen LogP contribution in [0.1, 0.15) is 39.0 Å². The summed E-state index contributed by atoms with van der Waals surface area (Å²) in [6, 6.07) is 0. The van der Waals surface area contributed by atoms with Gasteiger partial charge < -0.3 is 5.11 Å². The van der Waals surface area contributed by atoms with Crippen molar-refractivity contribution in [3.63, 3.8) is 0 Å². The minimum atomic E-state index is -0.316. The average Bonchev–Trinajstić information content (AvgIpc) is 2.40. The molecular formula is C16H23NO2. The van der Waals surface area contributed by atoms with Crippen LogP contribution in [0.15, 0.2) is 11.6 Å². The molecule has 1 saturated heterocycles. The van der Waals surface area contributed by atoms with Gasteiger partial charge in [0.05, 0.1) is 11.6 Å². The van der Waals surface area contributed by atoms with Gasteiger partial charge in [-0.15, -0.1) is 0 Å². The average molecular weight is 261 g/mol. The van der Waals surface area contributed by atoms with E-state index in [2.05, 4.69) is 17.9 Å². The lowest BCUT2D eigenvalue weighted by Crippen LogP contribution is -2.69. The van der Waals surface area contributed by atoms with Crippen LogP contribution >= 0.6 is 0 Å². The molecule has 2 aliphatic heterocycles. The Bertz CT molecular complexity index is 458. The Morgan fingerprint density at radius 2 is 2.26 bits per heavy atom. The Morgan fingerprint density at radius 1 is 1.42 bits per heavy atom. The van der Waals surface area contributed by atoms with Gasteiger partial charge in [0.15, 0.2) is 0 Å². The van der Waals surface area contributed by atoms with Gasteiger partial charge in [-0.2, -0.15) is 0 Å². The highest BCUT2D eigenvalue weighted by Crippen LogP contribution is 2.57. The highest BCUT2D eigenvalue weighted by molar-refractivity contribution is 5.86. The molecule has 2 heterocycles. The summed E-state index contributed by atoms with van der Waals surface area (Å²) in [6.45, 7) is 4.40. The van der Waals surface area contributed by atoms with Crippen LogP contribution in [0.5, 0.6) is 0 Å². The van der Waals surface area contributed by atoms with Crippen molar-refractivity contribution in [3.8, 4) is 0 Å². The Kier molecular flexibility index (Phi) is 2.50. The third-order valence-electron chi connectivity index (χ3n) is 6.16. The summed E-state index contributed by atoms with van der Waals surface area (Å²) in [5, 5.41) is 10.5. The smallest absolute Gasteiger partial charge is 0.138 e. The van der Waals surface area contributed by atoms with E-state index in [1.54, 1.807) is 0 Å². The first kappa shape index (κ1) is 12.1. The number of piperidine rings is 1. The second-order valence-corrected chi connectivity index (χ2v) is 7.00. The molecule has 1 N–H and O–H groups in total. The summed E-state index contributed by atoms with van der Waals surface area (Å²) in [5.41, 5.74) is 1.42. The number of ketones is 1. The maximum Gasteiger partial charge on any atom is 0.138 e. The molecule has 0 amide bonds. The molecule has 2 aliphatic carbocycles. The number of carbonyl (C=O) groups excluding carboxylic acids is 1. The number of carbonyl (C=O) groups is 1. The first-order valence-corrected chi connectivity index (χ1v) is 7.81. The van der Waals surface area contributed by atoms with Gasteiger partial charge in [-0.3, -0.25) is 9.69 Å². The zero-order valence-corrected chi connectivity index (χ0v) is 11.6. The number of Topliss-reactive ketones (excluding diaryl/α,β-unsaturated/α-hetero) is 1. The minimum absolute atomic E-state index is 0.00481. The van der Waals surface area contributed by atoms with Crippen molar-refractivity contribution in [1.29, 1.82) is 0 Å². The summed E-state index contributed by atoms with van der Waals surface area (Å²) in [5.74, 6) is 1.04. The quantitative estimate of drug-likeness (QED) is 0.675. The first-order valence-electron chi connectivity index (χ1n) is 7.81. The van der Waals surface area contributed by atoms with E-state index in [0.717, 1.165) is 38.8 Å². The molecule has 4 rings (SSSR count).